The van der Waals surface area contributed by atoms with Gasteiger partial charge in [-0.05, 0) is 67.8 Å². The summed E-state index contributed by atoms with van der Waals surface area (Å²) < 4.78 is 12.1. The zero-order chi connectivity index (χ0) is 17.0. The number of esters is 1. The third-order valence-electron chi connectivity index (χ3n) is 3.26. The van der Waals surface area contributed by atoms with Crippen molar-refractivity contribution in [3.8, 4) is 11.5 Å². The SMILES string of the molecule is CC(C)Oc1ccc(C(=O)Oc2ccc(Br)cc2C(C)C)cc1. The van der Waals surface area contributed by atoms with Crippen molar-refractivity contribution >= 4 is 21.9 Å². The molecule has 0 atom stereocenters. The summed E-state index contributed by atoms with van der Waals surface area (Å²) in [7, 11) is 0. The summed E-state index contributed by atoms with van der Waals surface area (Å²) in [5.74, 6) is 1.22. The van der Waals surface area contributed by atoms with E-state index in [1.807, 2.05) is 32.0 Å². The lowest BCUT2D eigenvalue weighted by Crippen LogP contribution is -2.11. The van der Waals surface area contributed by atoms with Crippen molar-refractivity contribution in [1.82, 2.24) is 0 Å². The molecule has 0 saturated carbocycles. The fourth-order valence-electron chi connectivity index (χ4n) is 2.16. The van der Waals surface area contributed by atoms with Crippen molar-refractivity contribution in [2.45, 2.75) is 39.7 Å². The van der Waals surface area contributed by atoms with Gasteiger partial charge in [-0.1, -0.05) is 29.8 Å². The molecule has 0 N–H and O–H groups in total. The molecule has 0 radical (unpaired) electrons. The number of rotatable bonds is 5. The van der Waals surface area contributed by atoms with Crippen LogP contribution in [0.4, 0.5) is 0 Å². The van der Waals surface area contributed by atoms with Crippen LogP contribution in [0.15, 0.2) is 46.9 Å². The molecule has 0 fully saturated rings. The number of benzene rings is 2. The molecule has 0 heterocycles. The van der Waals surface area contributed by atoms with Crippen LogP contribution < -0.4 is 9.47 Å². The van der Waals surface area contributed by atoms with Gasteiger partial charge in [0.05, 0.1) is 11.7 Å². The summed E-state index contributed by atoms with van der Waals surface area (Å²) >= 11 is 3.45. The van der Waals surface area contributed by atoms with Crippen LogP contribution in [0.2, 0.25) is 0 Å². The summed E-state index contributed by atoms with van der Waals surface area (Å²) in [6, 6.07) is 12.7. The Kier molecular flexibility index (Phi) is 5.83. The highest BCUT2D eigenvalue weighted by atomic mass is 79.9. The molecule has 2 aromatic rings. The van der Waals surface area contributed by atoms with Crippen molar-refractivity contribution in [2.75, 3.05) is 0 Å². The molecule has 0 aliphatic rings. The van der Waals surface area contributed by atoms with E-state index in [2.05, 4.69) is 29.8 Å². The van der Waals surface area contributed by atoms with Gasteiger partial charge < -0.3 is 9.47 Å². The number of hydrogen-bond donors (Lipinski definition) is 0. The van der Waals surface area contributed by atoms with E-state index in [9.17, 15) is 4.79 Å². The first-order chi connectivity index (χ1) is 10.9. The Hall–Kier alpha value is -1.81. The second-order valence-electron chi connectivity index (χ2n) is 5.92. The summed E-state index contributed by atoms with van der Waals surface area (Å²) in [5.41, 5.74) is 1.49. The zero-order valence-corrected chi connectivity index (χ0v) is 15.4. The Labute approximate surface area is 145 Å². The van der Waals surface area contributed by atoms with Crippen LogP contribution in [0.1, 0.15) is 49.5 Å². The highest BCUT2D eigenvalue weighted by Crippen LogP contribution is 2.30. The molecule has 23 heavy (non-hydrogen) atoms. The van der Waals surface area contributed by atoms with Gasteiger partial charge in [0.25, 0.3) is 0 Å². The first-order valence-electron chi connectivity index (χ1n) is 7.65. The number of carbonyl (C=O) groups is 1. The van der Waals surface area contributed by atoms with Crippen molar-refractivity contribution in [3.05, 3.63) is 58.1 Å². The Morgan fingerprint density at radius 2 is 1.65 bits per heavy atom. The average Bonchev–Trinajstić information content (AvgIpc) is 2.49. The molecule has 0 bridgehead atoms. The van der Waals surface area contributed by atoms with E-state index in [0.717, 1.165) is 15.8 Å². The molecule has 0 aromatic heterocycles. The molecule has 0 unspecified atom stereocenters. The van der Waals surface area contributed by atoms with Gasteiger partial charge in [-0.15, -0.1) is 0 Å². The zero-order valence-electron chi connectivity index (χ0n) is 13.8. The van der Waals surface area contributed by atoms with E-state index in [-0.39, 0.29) is 18.0 Å². The van der Waals surface area contributed by atoms with Gasteiger partial charge in [0.1, 0.15) is 11.5 Å². The molecule has 0 spiro atoms. The summed E-state index contributed by atoms with van der Waals surface area (Å²) in [6.45, 7) is 8.06. The molecule has 0 aliphatic heterocycles. The third-order valence-corrected chi connectivity index (χ3v) is 3.75. The van der Waals surface area contributed by atoms with E-state index in [1.165, 1.54) is 0 Å². The van der Waals surface area contributed by atoms with E-state index >= 15 is 0 Å². The summed E-state index contributed by atoms with van der Waals surface area (Å²) in [4.78, 5) is 12.3. The maximum absolute atomic E-state index is 12.3. The summed E-state index contributed by atoms with van der Waals surface area (Å²) in [6.07, 6.45) is 0.101. The maximum atomic E-state index is 12.3. The molecular formula is C19H21BrO3. The monoisotopic (exact) mass is 376 g/mol. The van der Waals surface area contributed by atoms with Gasteiger partial charge >= 0.3 is 5.97 Å². The minimum absolute atomic E-state index is 0.101. The number of hydrogen-bond acceptors (Lipinski definition) is 3. The Bertz CT molecular complexity index is 676. The van der Waals surface area contributed by atoms with Crippen LogP contribution in [-0.4, -0.2) is 12.1 Å². The molecular weight excluding hydrogens is 356 g/mol. The van der Waals surface area contributed by atoms with Gasteiger partial charge in [-0.25, -0.2) is 4.79 Å². The van der Waals surface area contributed by atoms with Crippen LogP contribution in [0.25, 0.3) is 0 Å². The molecule has 122 valence electrons. The van der Waals surface area contributed by atoms with Crippen LogP contribution in [0, 0.1) is 0 Å². The van der Waals surface area contributed by atoms with Gasteiger partial charge in [-0.3, -0.25) is 0 Å². The molecule has 0 saturated heterocycles. The molecule has 0 amide bonds. The Morgan fingerprint density at radius 1 is 1.00 bits per heavy atom. The minimum atomic E-state index is -0.370. The van der Waals surface area contributed by atoms with Crippen LogP contribution in [0.3, 0.4) is 0 Å². The van der Waals surface area contributed by atoms with Crippen LogP contribution >= 0.6 is 15.9 Å². The summed E-state index contributed by atoms with van der Waals surface area (Å²) in [5, 5.41) is 0. The second-order valence-corrected chi connectivity index (χ2v) is 6.83. The molecule has 2 rings (SSSR count). The largest absolute Gasteiger partial charge is 0.491 e. The standard InChI is InChI=1S/C19H21BrO3/c1-12(2)17-11-15(20)7-10-18(17)23-19(21)14-5-8-16(9-6-14)22-13(3)4/h5-13H,1-4H3. The first-order valence-corrected chi connectivity index (χ1v) is 8.44. The van der Waals surface area contributed by atoms with Crippen molar-refractivity contribution in [2.24, 2.45) is 0 Å². The topological polar surface area (TPSA) is 35.5 Å². The fraction of sp³-hybridized carbons (Fsp3) is 0.316. The van der Waals surface area contributed by atoms with Crippen LogP contribution in [0.5, 0.6) is 11.5 Å². The van der Waals surface area contributed by atoms with Gasteiger partial charge in [0, 0.05) is 4.47 Å². The normalized spacial score (nSPS) is 10.9. The molecule has 0 aliphatic carbocycles. The third kappa shape index (κ3) is 4.83. The quantitative estimate of drug-likeness (QED) is 0.504. The fourth-order valence-corrected chi connectivity index (χ4v) is 2.54. The number of ether oxygens (including phenoxy) is 2. The predicted molar refractivity (Wildman–Crippen MR) is 95.4 cm³/mol. The van der Waals surface area contributed by atoms with Crippen LogP contribution in [-0.2, 0) is 0 Å². The Morgan fingerprint density at radius 3 is 2.22 bits per heavy atom. The smallest absolute Gasteiger partial charge is 0.343 e. The van der Waals surface area contributed by atoms with Gasteiger partial charge in [0.2, 0.25) is 0 Å². The maximum Gasteiger partial charge on any atom is 0.343 e. The highest BCUT2D eigenvalue weighted by molar-refractivity contribution is 9.10. The lowest BCUT2D eigenvalue weighted by atomic mass is 10.0. The van der Waals surface area contributed by atoms with E-state index in [4.69, 9.17) is 9.47 Å². The van der Waals surface area contributed by atoms with Gasteiger partial charge in [-0.2, -0.15) is 0 Å². The molecule has 3 nitrogen and oxygen atoms in total. The van der Waals surface area contributed by atoms with Gasteiger partial charge in [0.15, 0.2) is 0 Å². The van der Waals surface area contributed by atoms with Crippen molar-refractivity contribution in [3.63, 3.8) is 0 Å². The lowest BCUT2D eigenvalue weighted by Gasteiger charge is -2.14. The van der Waals surface area contributed by atoms with E-state index in [1.54, 1.807) is 24.3 Å². The van der Waals surface area contributed by atoms with Crippen molar-refractivity contribution in [1.29, 1.82) is 0 Å². The van der Waals surface area contributed by atoms with E-state index < -0.39 is 0 Å². The highest BCUT2D eigenvalue weighted by Gasteiger charge is 2.14. The van der Waals surface area contributed by atoms with E-state index in [0.29, 0.717) is 11.3 Å². The van der Waals surface area contributed by atoms with Crippen molar-refractivity contribution < 1.29 is 14.3 Å². The number of halogens is 1. The lowest BCUT2D eigenvalue weighted by molar-refractivity contribution is 0.0733. The second kappa shape index (κ2) is 7.64. The first kappa shape index (κ1) is 17.5. The average molecular weight is 377 g/mol. The molecule has 2 aromatic carbocycles. The minimum Gasteiger partial charge on any atom is -0.491 e. The Balaban J connectivity index is 2.16. The number of carbonyl (C=O) groups excluding carboxylic acids is 1. The molecule has 4 heteroatoms. The predicted octanol–water partition coefficient (Wildman–Crippen LogP) is 5.58.